The summed E-state index contributed by atoms with van der Waals surface area (Å²) < 4.78 is 29.1. The first-order valence-corrected chi connectivity index (χ1v) is 7.97. The number of ether oxygens (including phenoxy) is 1. The lowest BCUT2D eigenvalue weighted by molar-refractivity contribution is -0.392. The number of nitrogens with zero attached hydrogens (tertiary/aromatic N) is 3. The minimum Gasteiger partial charge on any atom is -0.378 e. The Morgan fingerprint density at radius 2 is 2.37 bits per heavy atom. The van der Waals surface area contributed by atoms with Gasteiger partial charge in [-0.2, -0.15) is 4.68 Å². The molecule has 0 aliphatic carbocycles. The first-order chi connectivity index (χ1) is 8.88. The molecule has 0 spiro atoms. The molecule has 1 atom stereocenters. The topological polar surface area (TPSA) is 104 Å². The van der Waals surface area contributed by atoms with Gasteiger partial charge in [-0.25, -0.2) is 8.42 Å². The van der Waals surface area contributed by atoms with Gasteiger partial charge in [0, 0.05) is 17.3 Å². The molecule has 0 aromatic carbocycles. The predicted octanol–water partition coefficient (Wildman–Crippen LogP) is 1.29. The van der Waals surface area contributed by atoms with Gasteiger partial charge in [0.25, 0.3) is 9.05 Å². The van der Waals surface area contributed by atoms with Gasteiger partial charge in [0.2, 0.25) is 4.90 Å². The molecule has 106 valence electrons. The van der Waals surface area contributed by atoms with Gasteiger partial charge in [0.05, 0.1) is 23.9 Å². The minimum absolute atomic E-state index is 0.0966. The zero-order valence-corrected chi connectivity index (χ0v) is 11.4. The third-order valence-electron chi connectivity index (χ3n) is 2.85. The summed E-state index contributed by atoms with van der Waals surface area (Å²) in [5.41, 5.74) is 0. The molecule has 0 radical (unpaired) electrons. The van der Waals surface area contributed by atoms with Crippen LogP contribution in [0.1, 0.15) is 19.3 Å². The highest BCUT2D eigenvalue weighted by Gasteiger charge is 2.30. The maximum atomic E-state index is 11.2. The molecule has 1 aromatic heterocycles. The van der Waals surface area contributed by atoms with Crippen LogP contribution in [0, 0.1) is 10.1 Å². The molecule has 2 rings (SSSR count). The summed E-state index contributed by atoms with van der Waals surface area (Å²) in [6, 6.07) is 0. The average Bonchev–Trinajstić information content (AvgIpc) is 2.94. The molecule has 0 saturated carbocycles. The van der Waals surface area contributed by atoms with Crippen LogP contribution in [0.25, 0.3) is 0 Å². The van der Waals surface area contributed by atoms with Crippen LogP contribution >= 0.6 is 10.7 Å². The zero-order chi connectivity index (χ0) is 14.0. The SMILES string of the molecule is O=[N+]([O-])c1nn(CCC2CCCO2)cc1S(=O)(=O)Cl. The number of rotatable bonds is 5. The second kappa shape index (κ2) is 5.43. The van der Waals surface area contributed by atoms with Crippen molar-refractivity contribution in [3.8, 4) is 0 Å². The summed E-state index contributed by atoms with van der Waals surface area (Å²) in [6.45, 7) is 1.06. The minimum atomic E-state index is -4.18. The lowest BCUT2D eigenvalue weighted by Crippen LogP contribution is -2.10. The molecule has 0 amide bonds. The predicted molar refractivity (Wildman–Crippen MR) is 65.5 cm³/mol. The smallest absolute Gasteiger partial charge is 0.378 e. The van der Waals surface area contributed by atoms with Gasteiger partial charge in [0.1, 0.15) is 0 Å². The molecule has 10 heteroatoms. The molecule has 1 saturated heterocycles. The van der Waals surface area contributed by atoms with E-state index in [4.69, 9.17) is 15.4 Å². The van der Waals surface area contributed by atoms with Gasteiger partial charge in [-0.15, -0.1) is 0 Å². The van der Waals surface area contributed by atoms with Crippen LogP contribution in [-0.2, 0) is 20.3 Å². The molecular weight excluding hydrogens is 298 g/mol. The van der Waals surface area contributed by atoms with E-state index in [1.807, 2.05) is 0 Å². The highest BCUT2D eigenvalue weighted by Crippen LogP contribution is 2.25. The third-order valence-corrected chi connectivity index (χ3v) is 4.16. The Bertz CT molecular complexity index is 579. The quantitative estimate of drug-likeness (QED) is 0.461. The molecular formula is C9H12ClN3O5S. The molecule has 1 aromatic rings. The van der Waals surface area contributed by atoms with Crippen molar-refractivity contribution >= 4 is 25.6 Å². The summed E-state index contributed by atoms with van der Waals surface area (Å²) in [5.74, 6) is -0.748. The van der Waals surface area contributed by atoms with Crippen molar-refractivity contribution in [2.24, 2.45) is 0 Å². The molecule has 1 aliphatic rings. The summed E-state index contributed by atoms with van der Waals surface area (Å²) in [7, 11) is 0.959. The molecule has 1 unspecified atom stereocenters. The second-order valence-corrected chi connectivity index (χ2v) is 6.73. The fourth-order valence-electron chi connectivity index (χ4n) is 1.95. The van der Waals surface area contributed by atoms with Gasteiger partial charge in [-0.05, 0) is 24.2 Å². The normalized spacial score (nSPS) is 19.7. The zero-order valence-electron chi connectivity index (χ0n) is 9.86. The van der Waals surface area contributed by atoms with E-state index in [0.29, 0.717) is 19.6 Å². The number of nitro groups is 1. The number of aromatic nitrogens is 2. The highest BCUT2D eigenvalue weighted by molar-refractivity contribution is 8.13. The first kappa shape index (κ1) is 14.2. The third kappa shape index (κ3) is 3.43. The standard InChI is InChI=1S/C9H12ClN3O5S/c10-19(16,17)8-6-12(11-9(8)13(14)15)4-3-7-2-1-5-18-7/h6-7H,1-5H2. The van der Waals surface area contributed by atoms with Crippen molar-refractivity contribution in [1.82, 2.24) is 9.78 Å². The van der Waals surface area contributed by atoms with Crippen molar-refractivity contribution < 1.29 is 18.1 Å². The molecule has 2 heterocycles. The van der Waals surface area contributed by atoms with Gasteiger partial charge in [-0.3, -0.25) is 0 Å². The Kier molecular flexibility index (Phi) is 4.07. The van der Waals surface area contributed by atoms with E-state index in [1.165, 1.54) is 4.68 Å². The van der Waals surface area contributed by atoms with Crippen LogP contribution in [0.4, 0.5) is 5.82 Å². The largest absolute Gasteiger partial charge is 0.410 e. The molecule has 1 fully saturated rings. The van der Waals surface area contributed by atoms with Gasteiger partial charge < -0.3 is 14.9 Å². The van der Waals surface area contributed by atoms with E-state index >= 15 is 0 Å². The maximum Gasteiger partial charge on any atom is 0.410 e. The molecule has 1 aliphatic heterocycles. The Labute approximate surface area is 113 Å². The first-order valence-electron chi connectivity index (χ1n) is 5.66. The fraction of sp³-hybridized carbons (Fsp3) is 0.667. The van der Waals surface area contributed by atoms with Gasteiger partial charge in [0.15, 0.2) is 0 Å². The van der Waals surface area contributed by atoms with Crippen LogP contribution in [-0.4, -0.2) is 35.8 Å². The summed E-state index contributed by atoms with van der Waals surface area (Å²) in [6.07, 6.45) is 3.73. The van der Waals surface area contributed by atoms with Crippen LogP contribution < -0.4 is 0 Å². The molecule has 0 N–H and O–H groups in total. The monoisotopic (exact) mass is 309 g/mol. The lowest BCUT2D eigenvalue weighted by Gasteiger charge is -2.06. The van der Waals surface area contributed by atoms with Crippen LogP contribution in [0.2, 0.25) is 0 Å². The lowest BCUT2D eigenvalue weighted by atomic mass is 10.2. The van der Waals surface area contributed by atoms with Crippen molar-refractivity contribution in [2.45, 2.75) is 36.8 Å². The van der Waals surface area contributed by atoms with E-state index in [-0.39, 0.29) is 6.10 Å². The van der Waals surface area contributed by atoms with Crippen molar-refractivity contribution in [1.29, 1.82) is 0 Å². The number of aryl methyl sites for hydroxylation is 1. The van der Waals surface area contributed by atoms with E-state index in [1.54, 1.807) is 0 Å². The van der Waals surface area contributed by atoms with Crippen molar-refractivity contribution in [3.05, 3.63) is 16.3 Å². The van der Waals surface area contributed by atoms with Crippen LogP contribution in [0.15, 0.2) is 11.1 Å². The fourth-order valence-corrected chi connectivity index (χ4v) is 2.86. The van der Waals surface area contributed by atoms with Crippen LogP contribution in [0.3, 0.4) is 0 Å². The Morgan fingerprint density at radius 3 is 2.84 bits per heavy atom. The number of hydrogen-bond donors (Lipinski definition) is 0. The average molecular weight is 310 g/mol. The molecule has 0 bridgehead atoms. The van der Waals surface area contributed by atoms with E-state index in [9.17, 15) is 18.5 Å². The van der Waals surface area contributed by atoms with E-state index < -0.39 is 24.7 Å². The summed E-state index contributed by atoms with van der Waals surface area (Å²) >= 11 is 0. The summed E-state index contributed by atoms with van der Waals surface area (Å²) in [4.78, 5) is 9.28. The highest BCUT2D eigenvalue weighted by atomic mass is 35.7. The Morgan fingerprint density at radius 1 is 1.63 bits per heavy atom. The molecule has 19 heavy (non-hydrogen) atoms. The number of hydrogen-bond acceptors (Lipinski definition) is 6. The number of halogens is 1. The van der Waals surface area contributed by atoms with E-state index in [0.717, 1.165) is 19.0 Å². The van der Waals surface area contributed by atoms with Crippen molar-refractivity contribution in [3.63, 3.8) is 0 Å². The van der Waals surface area contributed by atoms with Crippen molar-refractivity contribution in [2.75, 3.05) is 6.61 Å². The maximum absolute atomic E-state index is 11.2. The Balaban J connectivity index is 2.15. The van der Waals surface area contributed by atoms with Crippen LogP contribution in [0.5, 0.6) is 0 Å². The Hall–Kier alpha value is -1.19. The second-order valence-electron chi connectivity index (χ2n) is 4.20. The summed E-state index contributed by atoms with van der Waals surface area (Å²) in [5, 5.41) is 14.4. The molecule has 8 nitrogen and oxygen atoms in total. The van der Waals surface area contributed by atoms with E-state index in [2.05, 4.69) is 5.10 Å². The van der Waals surface area contributed by atoms with Gasteiger partial charge in [-0.1, -0.05) is 0 Å². The van der Waals surface area contributed by atoms with Gasteiger partial charge >= 0.3 is 5.82 Å².